The Balaban J connectivity index is 1.79. The van der Waals surface area contributed by atoms with Crippen LogP contribution >= 0.6 is 11.8 Å². The molecule has 0 saturated heterocycles. The minimum atomic E-state index is 0.570. The van der Waals surface area contributed by atoms with Gasteiger partial charge < -0.3 is 15.2 Å². The number of nitrogen functional groups attached to an aromatic ring is 1. The number of hydrogen-bond acceptors (Lipinski definition) is 6. The zero-order valence-corrected chi connectivity index (χ0v) is 11.6. The SMILES string of the molecule is Nc1nc(-c2ccc3c(c2)OCCO3)nc2c1CSC2. The van der Waals surface area contributed by atoms with E-state index in [2.05, 4.69) is 9.97 Å². The standard InChI is InChI=1S/C14H13N3O2S/c15-13-9-6-20-7-10(9)16-14(17-13)8-1-2-11-12(5-8)19-4-3-18-11/h1-2,5H,3-4,6-7H2,(H2,15,16,17). The zero-order chi connectivity index (χ0) is 13.5. The van der Waals surface area contributed by atoms with E-state index >= 15 is 0 Å². The van der Waals surface area contributed by atoms with E-state index in [-0.39, 0.29) is 0 Å². The summed E-state index contributed by atoms with van der Waals surface area (Å²) in [4.78, 5) is 9.05. The minimum Gasteiger partial charge on any atom is -0.486 e. The van der Waals surface area contributed by atoms with Gasteiger partial charge in [0.1, 0.15) is 19.0 Å². The molecule has 0 radical (unpaired) electrons. The highest BCUT2D eigenvalue weighted by Gasteiger charge is 2.20. The van der Waals surface area contributed by atoms with E-state index < -0.39 is 0 Å². The molecule has 2 aliphatic heterocycles. The molecule has 0 bridgehead atoms. The largest absolute Gasteiger partial charge is 0.486 e. The molecule has 102 valence electrons. The predicted octanol–water partition coefficient (Wildman–Crippen LogP) is 2.24. The Labute approximate surface area is 120 Å². The van der Waals surface area contributed by atoms with E-state index in [4.69, 9.17) is 15.2 Å². The number of ether oxygens (including phenoxy) is 2. The molecule has 1 aromatic carbocycles. The Morgan fingerprint density at radius 2 is 1.90 bits per heavy atom. The first-order chi connectivity index (χ1) is 9.81. The Hall–Kier alpha value is -1.95. The maximum Gasteiger partial charge on any atom is 0.162 e. The average Bonchev–Trinajstić information content (AvgIpc) is 2.96. The van der Waals surface area contributed by atoms with Gasteiger partial charge >= 0.3 is 0 Å². The van der Waals surface area contributed by atoms with Crippen molar-refractivity contribution in [2.45, 2.75) is 11.5 Å². The number of thioether (sulfide) groups is 1. The third kappa shape index (κ3) is 1.87. The minimum absolute atomic E-state index is 0.570. The number of nitrogens with two attached hydrogens (primary N) is 1. The fourth-order valence-electron chi connectivity index (χ4n) is 2.39. The number of benzene rings is 1. The molecular formula is C14H13N3O2S. The molecule has 2 N–H and O–H groups in total. The molecule has 0 unspecified atom stereocenters. The van der Waals surface area contributed by atoms with Crippen LogP contribution in [0.3, 0.4) is 0 Å². The Bertz CT molecular complexity index is 690. The number of anilines is 1. The van der Waals surface area contributed by atoms with Gasteiger partial charge in [-0.2, -0.15) is 11.8 Å². The van der Waals surface area contributed by atoms with Crippen molar-refractivity contribution < 1.29 is 9.47 Å². The molecule has 5 nitrogen and oxygen atoms in total. The van der Waals surface area contributed by atoms with Crippen LogP contribution < -0.4 is 15.2 Å². The lowest BCUT2D eigenvalue weighted by atomic mass is 10.1. The number of hydrogen-bond donors (Lipinski definition) is 1. The molecule has 0 aliphatic carbocycles. The molecular weight excluding hydrogens is 274 g/mol. The molecule has 1 aromatic heterocycles. The molecule has 4 rings (SSSR count). The summed E-state index contributed by atoms with van der Waals surface area (Å²) in [5, 5.41) is 0. The molecule has 3 heterocycles. The first-order valence-corrected chi connectivity index (χ1v) is 7.60. The highest BCUT2D eigenvalue weighted by molar-refractivity contribution is 7.98. The third-order valence-corrected chi connectivity index (χ3v) is 4.38. The van der Waals surface area contributed by atoms with Gasteiger partial charge in [0.05, 0.1) is 5.69 Å². The summed E-state index contributed by atoms with van der Waals surface area (Å²) >= 11 is 1.82. The molecule has 2 aliphatic rings. The molecule has 0 saturated carbocycles. The highest BCUT2D eigenvalue weighted by Crippen LogP contribution is 2.36. The second-order valence-electron chi connectivity index (χ2n) is 4.71. The van der Waals surface area contributed by atoms with Crippen molar-refractivity contribution in [3.05, 3.63) is 29.5 Å². The summed E-state index contributed by atoms with van der Waals surface area (Å²) in [7, 11) is 0. The van der Waals surface area contributed by atoms with Crippen LogP contribution in [0.25, 0.3) is 11.4 Å². The Morgan fingerprint density at radius 3 is 2.80 bits per heavy atom. The lowest BCUT2D eigenvalue weighted by Gasteiger charge is -2.18. The summed E-state index contributed by atoms with van der Waals surface area (Å²) in [5.41, 5.74) is 9.06. The van der Waals surface area contributed by atoms with E-state index in [9.17, 15) is 0 Å². The monoisotopic (exact) mass is 287 g/mol. The molecule has 20 heavy (non-hydrogen) atoms. The van der Waals surface area contributed by atoms with Gasteiger partial charge in [0.25, 0.3) is 0 Å². The number of aromatic nitrogens is 2. The van der Waals surface area contributed by atoms with Gasteiger partial charge in [-0.15, -0.1) is 0 Å². The average molecular weight is 287 g/mol. The summed E-state index contributed by atoms with van der Waals surface area (Å²) in [6.07, 6.45) is 0. The molecule has 2 aromatic rings. The Kier molecular flexibility index (Phi) is 2.70. The van der Waals surface area contributed by atoms with Gasteiger partial charge in [-0.1, -0.05) is 0 Å². The van der Waals surface area contributed by atoms with Gasteiger partial charge in [0.15, 0.2) is 17.3 Å². The van der Waals surface area contributed by atoms with E-state index in [1.807, 2.05) is 30.0 Å². The van der Waals surface area contributed by atoms with Gasteiger partial charge in [-0.25, -0.2) is 9.97 Å². The van der Waals surface area contributed by atoms with Crippen LogP contribution in [0.1, 0.15) is 11.3 Å². The van der Waals surface area contributed by atoms with E-state index in [1.54, 1.807) is 0 Å². The van der Waals surface area contributed by atoms with E-state index in [0.717, 1.165) is 39.8 Å². The lowest BCUT2D eigenvalue weighted by molar-refractivity contribution is 0.171. The third-order valence-electron chi connectivity index (χ3n) is 3.41. The second-order valence-corrected chi connectivity index (χ2v) is 5.69. The smallest absolute Gasteiger partial charge is 0.162 e. The summed E-state index contributed by atoms with van der Waals surface area (Å²) in [5.74, 6) is 4.56. The van der Waals surface area contributed by atoms with Crippen molar-refractivity contribution in [1.29, 1.82) is 0 Å². The van der Waals surface area contributed by atoms with Crippen LogP contribution in [0.5, 0.6) is 11.5 Å². The number of rotatable bonds is 1. The maximum atomic E-state index is 6.03. The molecule has 0 spiro atoms. The van der Waals surface area contributed by atoms with E-state index in [1.165, 1.54) is 0 Å². The van der Waals surface area contributed by atoms with Crippen molar-refractivity contribution in [2.24, 2.45) is 0 Å². The van der Waals surface area contributed by atoms with Crippen LogP contribution in [-0.4, -0.2) is 23.2 Å². The fourth-order valence-corrected chi connectivity index (χ4v) is 3.44. The topological polar surface area (TPSA) is 70.3 Å². The van der Waals surface area contributed by atoms with Gasteiger partial charge in [-0.3, -0.25) is 0 Å². The summed E-state index contributed by atoms with van der Waals surface area (Å²) in [6, 6.07) is 5.75. The van der Waals surface area contributed by atoms with Crippen LogP contribution in [0.15, 0.2) is 18.2 Å². The predicted molar refractivity (Wildman–Crippen MR) is 77.9 cm³/mol. The first-order valence-electron chi connectivity index (χ1n) is 6.44. The van der Waals surface area contributed by atoms with Crippen molar-refractivity contribution in [2.75, 3.05) is 18.9 Å². The first kappa shape index (κ1) is 11.8. The van der Waals surface area contributed by atoms with Crippen molar-refractivity contribution in [3.8, 4) is 22.9 Å². The van der Waals surface area contributed by atoms with Gasteiger partial charge in [0, 0.05) is 22.6 Å². The van der Waals surface area contributed by atoms with E-state index in [0.29, 0.717) is 24.9 Å². The quantitative estimate of drug-likeness (QED) is 0.867. The van der Waals surface area contributed by atoms with Crippen molar-refractivity contribution in [1.82, 2.24) is 9.97 Å². The number of fused-ring (bicyclic) bond motifs is 2. The zero-order valence-electron chi connectivity index (χ0n) is 10.8. The normalized spacial score (nSPS) is 16.0. The Morgan fingerprint density at radius 1 is 1.05 bits per heavy atom. The van der Waals surface area contributed by atoms with Crippen LogP contribution in [0.2, 0.25) is 0 Å². The summed E-state index contributed by atoms with van der Waals surface area (Å²) in [6.45, 7) is 1.16. The summed E-state index contributed by atoms with van der Waals surface area (Å²) < 4.78 is 11.1. The van der Waals surface area contributed by atoms with Gasteiger partial charge in [0.2, 0.25) is 0 Å². The molecule has 0 atom stereocenters. The fraction of sp³-hybridized carbons (Fsp3) is 0.286. The molecule has 0 fully saturated rings. The highest BCUT2D eigenvalue weighted by atomic mass is 32.2. The van der Waals surface area contributed by atoms with Crippen molar-refractivity contribution >= 4 is 17.6 Å². The van der Waals surface area contributed by atoms with Crippen molar-refractivity contribution in [3.63, 3.8) is 0 Å². The maximum absolute atomic E-state index is 6.03. The number of nitrogens with zero attached hydrogens (tertiary/aromatic N) is 2. The van der Waals surface area contributed by atoms with Crippen LogP contribution in [0, 0.1) is 0 Å². The second kappa shape index (κ2) is 4.56. The lowest BCUT2D eigenvalue weighted by Crippen LogP contribution is -2.15. The molecule has 0 amide bonds. The molecule has 6 heteroatoms. The van der Waals surface area contributed by atoms with Crippen LogP contribution in [-0.2, 0) is 11.5 Å². The van der Waals surface area contributed by atoms with Gasteiger partial charge in [-0.05, 0) is 18.2 Å². The van der Waals surface area contributed by atoms with Crippen LogP contribution in [0.4, 0.5) is 5.82 Å².